The Labute approximate surface area is 152 Å². The van der Waals surface area contributed by atoms with Gasteiger partial charge in [0.25, 0.3) is 0 Å². The van der Waals surface area contributed by atoms with Crippen LogP contribution in [0.1, 0.15) is 51.0 Å². The summed E-state index contributed by atoms with van der Waals surface area (Å²) in [5.41, 5.74) is 1.30. The average Bonchev–Trinajstić information content (AvgIpc) is 2.93. The number of ether oxygens (including phenoxy) is 1. The second kappa shape index (κ2) is 9.23. The van der Waals surface area contributed by atoms with Gasteiger partial charge in [0.1, 0.15) is 5.75 Å². The topological polar surface area (TPSA) is 32.8 Å². The number of carbonyl (C=O) groups is 1. The number of benzene rings is 1. The van der Waals surface area contributed by atoms with Gasteiger partial charge in [-0.2, -0.15) is 0 Å². The molecule has 2 aliphatic rings. The molecule has 2 heterocycles. The first-order valence-electron chi connectivity index (χ1n) is 9.99. The number of piperidine rings is 1. The normalized spacial score (nSPS) is 22.4. The van der Waals surface area contributed by atoms with Crippen molar-refractivity contribution in [3.63, 3.8) is 0 Å². The Morgan fingerprint density at radius 2 is 1.76 bits per heavy atom. The van der Waals surface area contributed by atoms with Gasteiger partial charge in [0.05, 0.1) is 12.5 Å². The van der Waals surface area contributed by atoms with Crippen LogP contribution in [-0.2, 0) is 11.3 Å². The van der Waals surface area contributed by atoms with E-state index < -0.39 is 0 Å². The monoisotopic (exact) mass is 344 g/mol. The zero-order chi connectivity index (χ0) is 17.5. The summed E-state index contributed by atoms with van der Waals surface area (Å²) in [6.07, 6.45) is 7.08. The van der Waals surface area contributed by atoms with E-state index in [1.54, 1.807) is 0 Å². The first-order valence-corrected chi connectivity index (χ1v) is 9.99. The standard InChI is InChI=1S/C21H32N2O2/c1-2-25-20-11-9-18(10-12-20)16-22-13-7-8-19(17-22)21(24)23-14-5-3-4-6-15-23/h9-12,19H,2-8,13-17H2,1H3. The van der Waals surface area contributed by atoms with Crippen molar-refractivity contribution in [1.82, 2.24) is 9.80 Å². The highest BCUT2D eigenvalue weighted by Gasteiger charge is 2.29. The van der Waals surface area contributed by atoms with E-state index in [0.29, 0.717) is 12.5 Å². The highest BCUT2D eigenvalue weighted by Crippen LogP contribution is 2.23. The van der Waals surface area contributed by atoms with Crippen LogP contribution >= 0.6 is 0 Å². The third-order valence-electron chi connectivity index (χ3n) is 5.41. The molecule has 1 aromatic rings. The van der Waals surface area contributed by atoms with Gasteiger partial charge in [-0.1, -0.05) is 25.0 Å². The molecule has 1 unspecified atom stereocenters. The van der Waals surface area contributed by atoms with Crippen LogP contribution in [0.5, 0.6) is 5.75 Å². The van der Waals surface area contributed by atoms with E-state index in [1.807, 2.05) is 19.1 Å². The van der Waals surface area contributed by atoms with Crippen molar-refractivity contribution in [2.24, 2.45) is 5.92 Å². The molecule has 0 N–H and O–H groups in total. The second-order valence-electron chi connectivity index (χ2n) is 7.39. The molecule has 1 atom stereocenters. The van der Waals surface area contributed by atoms with Gasteiger partial charge in [-0.3, -0.25) is 9.69 Å². The van der Waals surface area contributed by atoms with Crippen molar-refractivity contribution in [2.75, 3.05) is 32.8 Å². The zero-order valence-electron chi connectivity index (χ0n) is 15.6. The maximum atomic E-state index is 12.9. The lowest BCUT2D eigenvalue weighted by Gasteiger charge is -2.34. The smallest absolute Gasteiger partial charge is 0.226 e. The molecule has 0 radical (unpaired) electrons. The van der Waals surface area contributed by atoms with Gasteiger partial charge in [-0.25, -0.2) is 0 Å². The van der Waals surface area contributed by atoms with E-state index in [4.69, 9.17) is 4.74 Å². The lowest BCUT2D eigenvalue weighted by molar-refractivity contribution is -0.137. The van der Waals surface area contributed by atoms with Crippen LogP contribution in [0, 0.1) is 5.92 Å². The summed E-state index contributed by atoms with van der Waals surface area (Å²) in [6.45, 7) is 7.56. The summed E-state index contributed by atoms with van der Waals surface area (Å²) in [7, 11) is 0. The molecule has 2 aliphatic heterocycles. The Balaban J connectivity index is 1.54. The van der Waals surface area contributed by atoms with Crippen molar-refractivity contribution in [3.8, 4) is 5.75 Å². The third kappa shape index (κ3) is 5.21. The maximum Gasteiger partial charge on any atom is 0.226 e. The van der Waals surface area contributed by atoms with E-state index >= 15 is 0 Å². The fourth-order valence-electron chi connectivity index (χ4n) is 4.07. The number of amides is 1. The summed E-state index contributed by atoms with van der Waals surface area (Å²) >= 11 is 0. The minimum absolute atomic E-state index is 0.189. The number of nitrogens with zero attached hydrogens (tertiary/aromatic N) is 2. The maximum absolute atomic E-state index is 12.9. The summed E-state index contributed by atoms with van der Waals surface area (Å²) in [6, 6.07) is 8.38. The van der Waals surface area contributed by atoms with E-state index in [9.17, 15) is 4.79 Å². The molecule has 0 spiro atoms. The molecule has 4 nitrogen and oxygen atoms in total. The molecule has 0 saturated carbocycles. The number of likely N-dealkylation sites (tertiary alicyclic amines) is 2. The van der Waals surface area contributed by atoms with E-state index in [-0.39, 0.29) is 5.92 Å². The number of hydrogen-bond donors (Lipinski definition) is 0. The van der Waals surface area contributed by atoms with Gasteiger partial charge in [0.15, 0.2) is 0 Å². The van der Waals surface area contributed by atoms with Crippen LogP contribution in [0.3, 0.4) is 0 Å². The summed E-state index contributed by atoms with van der Waals surface area (Å²) in [4.78, 5) is 17.5. The predicted octanol–water partition coefficient (Wildman–Crippen LogP) is 3.70. The predicted molar refractivity (Wildman–Crippen MR) is 101 cm³/mol. The van der Waals surface area contributed by atoms with Crippen LogP contribution in [-0.4, -0.2) is 48.5 Å². The molecular weight excluding hydrogens is 312 g/mol. The van der Waals surface area contributed by atoms with Crippen LogP contribution in [0.15, 0.2) is 24.3 Å². The average molecular weight is 344 g/mol. The Bertz CT molecular complexity index is 535. The van der Waals surface area contributed by atoms with Crippen molar-refractivity contribution in [2.45, 2.75) is 52.0 Å². The minimum atomic E-state index is 0.189. The first-order chi connectivity index (χ1) is 12.3. The minimum Gasteiger partial charge on any atom is -0.494 e. The van der Waals surface area contributed by atoms with E-state index in [1.165, 1.54) is 31.2 Å². The van der Waals surface area contributed by atoms with Crippen LogP contribution in [0.2, 0.25) is 0 Å². The van der Waals surface area contributed by atoms with E-state index in [2.05, 4.69) is 21.9 Å². The number of carbonyl (C=O) groups excluding carboxylic acids is 1. The molecule has 4 heteroatoms. The lowest BCUT2D eigenvalue weighted by Crippen LogP contribution is -2.44. The van der Waals surface area contributed by atoms with Crippen LogP contribution in [0.4, 0.5) is 0 Å². The summed E-state index contributed by atoms with van der Waals surface area (Å²) in [5.74, 6) is 1.52. The molecule has 0 bridgehead atoms. The van der Waals surface area contributed by atoms with Crippen molar-refractivity contribution in [1.29, 1.82) is 0 Å². The molecule has 2 saturated heterocycles. The SMILES string of the molecule is CCOc1ccc(CN2CCCC(C(=O)N3CCCCCC3)C2)cc1. The van der Waals surface area contributed by atoms with E-state index in [0.717, 1.165) is 51.3 Å². The van der Waals surface area contributed by atoms with Crippen molar-refractivity contribution >= 4 is 5.91 Å². The Kier molecular flexibility index (Phi) is 6.74. The Hall–Kier alpha value is -1.55. The molecule has 0 aliphatic carbocycles. The molecule has 2 fully saturated rings. The molecule has 3 rings (SSSR count). The summed E-state index contributed by atoms with van der Waals surface area (Å²) in [5, 5.41) is 0. The van der Waals surface area contributed by atoms with Gasteiger partial charge in [0, 0.05) is 26.2 Å². The zero-order valence-corrected chi connectivity index (χ0v) is 15.6. The van der Waals surface area contributed by atoms with Gasteiger partial charge in [0.2, 0.25) is 5.91 Å². The highest BCUT2D eigenvalue weighted by atomic mass is 16.5. The third-order valence-corrected chi connectivity index (χ3v) is 5.41. The highest BCUT2D eigenvalue weighted by molar-refractivity contribution is 5.79. The second-order valence-corrected chi connectivity index (χ2v) is 7.39. The van der Waals surface area contributed by atoms with Gasteiger partial charge in [-0.15, -0.1) is 0 Å². The Morgan fingerprint density at radius 1 is 1.04 bits per heavy atom. The van der Waals surface area contributed by atoms with Crippen molar-refractivity contribution < 1.29 is 9.53 Å². The van der Waals surface area contributed by atoms with Crippen LogP contribution < -0.4 is 4.74 Å². The first kappa shape index (κ1) is 18.2. The number of rotatable bonds is 5. The van der Waals surface area contributed by atoms with Gasteiger partial charge >= 0.3 is 0 Å². The van der Waals surface area contributed by atoms with Crippen molar-refractivity contribution in [3.05, 3.63) is 29.8 Å². The fraction of sp³-hybridized carbons (Fsp3) is 0.667. The Morgan fingerprint density at radius 3 is 2.44 bits per heavy atom. The molecule has 0 aromatic heterocycles. The lowest BCUT2D eigenvalue weighted by atomic mass is 9.96. The van der Waals surface area contributed by atoms with Gasteiger partial charge in [-0.05, 0) is 56.8 Å². The number of hydrogen-bond acceptors (Lipinski definition) is 3. The summed E-state index contributed by atoms with van der Waals surface area (Å²) < 4.78 is 5.51. The molecule has 138 valence electrons. The fourth-order valence-corrected chi connectivity index (χ4v) is 4.07. The van der Waals surface area contributed by atoms with Gasteiger partial charge < -0.3 is 9.64 Å². The quantitative estimate of drug-likeness (QED) is 0.816. The molecule has 1 amide bonds. The molecule has 25 heavy (non-hydrogen) atoms. The largest absolute Gasteiger partial charge is 0.494 e. The molecule has 1 aromatic carbocycles. The molecular formula is C21H32N2O2. The van der Waals surface area contributed by atoms with Crippen LogP contribution in [0.25, 0.3) is 0 Å².